The predicted octanol–water partition coefficient (Wildman–Crippen LogP) is 2.49. The van der Waals surface area contributed by atoms with Crippen molar-refractivity contribution < 1.29 is 9.90 Å². The molecule has 0 atom stereocenters. The number of hydrogen-bond donors (Lipinski definition) is 2. The SMILES string of the molecule is CC(C)n1cc(NC(=O)CC2(O)CCCCC2)cn1. The van der Waals surface area contributed by atoms with Crippen LogP contribution in [0.15, 0.2) is 12.4 Å². The Bertz CT molecular complexity index is 434. The Kier molecular flexibility index (Phi) is 4.24. The number of nitrogens with one attached hydrogen (secondary N) is 1. The third kappa shape index (κ3) is 3.80. The zero-order valence-electron chi connectivity index (χ0n) is 11.7. The standard InChI is InChI=1S/C14H23N3O2/c1-11(2)17-10-12(9-15-17)16-13(18)8-14(19)6-4-3-5-7-14/h9-11,19H,3-8H2,1-2H3,(H,16,18). The van der Waals surface area contributed by atoms with E-state index in [0.29, 0.717) is 5.69 Å². The van der Waals surface area contributed by atoms with Crippen LogP contribution in [-0.4, -0.2) is 26.4 Å². The van der Waals surface area contributed by atoms with E-state index in [1.54, 1.807) is 10.9 Å². The van der Waals surface area contributed by atoms with Gasteiger partial charge in [0, 0.05) is 12.2 Å². The molecule has 1 aromatic heterocycles. The molecular weight excluding hydrogens is 242 g/mol. The monoisotopic (exact) mass is 265 g/mol. The molecule has 0 aromatic carbocycles. The molecule has 5 heteroatoms. The molecule has 1 aliphatic rings. The Morgan fingerprint density at radius 2 is 2.16 bits per heavy atom. The first-order valence-corrected chi connectivity index (χ1v) is 7.05. The summed E-state index contributed by atoms with van der Waals surface area (Å²) in [7, 11) is 0. The van der Waals surface area contributed by atoms with E-state index in [0.717, 1.165) is 32.1 Å². The number of aliphatic hydroxyl groups is 1. The Morgan fingerprint density at radius 3 is 2.74 bits per heavy atom. The summed E-state index contributed by atoms with van der Waals surface area (Å²) in [4.78, 5) is 12.0. The van der Waals surface area contributed by atoms with Gasteiger partial charge in [0.25, 0.3) is 0 Å². The molecule has 1 aliphatic carbocycles. The second-order valence-corrected chi connectivity index (χ2v) is 5.81. The predicted molar refractivity (Wildman–Crippen MR) is 73.9 cm³/mol. The molecule has 0 saturated heterocycles. The van der Waals surface area contributed by atoms with Crippen LogP contribution in [0.4, 0.5) is 5.69 Å². The molecule has 1 saturated carbocycles. The highest BCUT2D eigenvalue weighted by Crippen LogP contribution is 2.31. The second kappa shape index (κ2) is 5.74. The van der Waals surface area contributed by atoms with Crippen LogP contribution in [0.1, 0.15) is 58.4 Å². The molecule has 0 radical (unpaired) electrons. The minimum atomic E-state index is -0.809. The van der Waals surface area contributed by atoms with Crippen molar-refractivity contribution in [1.82, 2.24) is 9.78 Å². The molecule has 2 N–H and O–H groups in total. The van der Waals surface area contributed by atoms with Crippen LogP contribution in [0.5, 0.6) is 0 Å². The van der Waals surface area contributed by atoms with Gasteiger partial charge in [-0.3, -0.25) is 9.48 Å². The number of carbonyl (C=O) groups excluding carboxylic acids is 1. The van der Waals surface area contributed by atoms with Crippen molar-refractivity contribution in [2.45, 2.75) is 64.0 Å². The number of amides is 1. The fraction of sp³-hybridized carbons (Fsp3) is 0.714. The first-order chi connectivity index (χ1) is 8.98. The summed E-state index contributed by atoms with van der Waals surface area (Å²) >= 11 is 0. The van der Waals surface area contributed by atoms with Crippen molar-refractivity contribution >= 4 is 11.6 Å². The van der Waals surface area contributed by atoms with Crippen LogP contribution in [-0.2, 0) is 4.79 Å². The summed E-state index contributed by atoms with van der Waals surface area (Å²) in [6.45, 7) is 4.06. The van der Waals surface area contributed by atoms with Crippen molar-refractivity contribution in [2.24, 2.45) is 0 Å². The Morgan fingerprint density at radius 1 is 1.47 bits per heavy atom. The molecular formula is C14H23N3O2. The lowest BCUT2D eigenvalue weighted by Crippen LogP contribution is -2.35. The highest BCUT2D eigenvalue weighted by molar-refractivity contribution is 5.91. The molecule has 0 spiro atoms. The lowest BCUT2D eigenvalue weighted by molar-refractivity contribution is -0.122. The van der Waals surface area contributed by atoms with Gasteiger partial charge in [0.2, 0.25) is 5.91 Å². The molecule has 0 bridgehead atoms. The first kappa shape index (κ1) is 14.1. The molecule has 1 fully saturated rings. The Balaban J connectivity index is 1.89. The first-order valence-electron chi connectivity index (χ1n) is 7.05. The van der Waals surface area contributed by atoms with Crippen LogP contribution in [0, 0.1) is 0 Å². The largest absolute Gasteiger partial charge is 0.389 e. The maximum atomic E-state index is 12.0. The van der Waals surface area contributed by atoms with Crippen molar-refractivity contribution in [3.63, 3.8) is 0 Å². The number of rotatable bonds is 4. The van der Waals surface area contributed by atoms with Crippen LogP contribution in [0.2, 0.25) is 0 Å². The zero-order chi connectivity index (χ0) is 13.9. The van der Waals surface area contributed by atoms with Crippen LogP contribution in [0.25, 0.3) is 0 Å². The van der Waals surface area contributed by atoms with Crippen molar-refractivity contribution in [2.75, 3.05) is 5.32 Å². The maximum Gasteiger partial charge on any atom is 0.227 e. The quantitative estimate of drug-likeness (QED) is 0.879. The van der Waals surface area contributed by atoms with Crippen LogP contribution in [0.3, 0.4) is 0 Å². The van der Waals surface area contributed by atoms with Gasteiger partial charge in [0.1, 0.15) is 0 Å². The third-order valence-electron chi connectivity index (χ3n) is 3.69. The molecule has 1 heterocycles. The van der Waals surface area contributed by atoms with Gasteiger partial charge in [-0.2, -0.15) is 5.10 Å². The van der Waals surface area contributed by atoms with Gasteiger partial charge in [-0.1, -0.05) is 19.3 Å². The van der Waals surface area contributed by atoms with Gasteiger partial charge < -0.3 is 10.4 Å². The molecule has 106 valence electrons. The van der Waals surface area contributed by atoms with Crippen molar-refractivity contribution in [3.05, 3.63) is 12.4 Å². The summed E-state index contributed by atoms with van der Waals surface area (Å²) in [5, 5.41) is 17.3. The molecule has 19 heavy (non-hydrogen) atoms. The maximum absolute atomic E-state index is 12.0. The van der Waals surface area contributed by atoms with E-state index in [4.69, 9.17) is 0 Å². The van der Waals surface area contributed by atoms with E-state index >= 15 is 0 Å². The summed E-state index contributed by atoms with van der Waals surface area (Å²) in [5.41, 5.74) is -0.116. The second-order valence-electron chi connectivity index (χ2n) is 5.81. The van der Waals surface area contributed by atoms with Gasteiger partial charge in [-0.15, -0.1) is 0 Å². The molecule has 1 amide bonds. The highest BCUT2D eigenvalue weighted by Gasteiger charge is 2.31. The molecule has 0 unspecified atom stereocenters. The lowest BCUT2D eigenvalue weighted by atomic mass is 9.82. The minimum Gasteiger partial charge on any atom is -0.389 e. The highest BCUT2D eigenvalue weighted by atomic mass is 16.3. The minimum absolute atomic E-state index is 0.132. The van der Waals surface area contributed by atoms with Crippen molar-refractivity contribution in [1.29, 1.82) is 0 Å². The van der Waals surface area contributed by atoms with E-state index in [2.05, 4.69) is 10.4 Å². The average molecular weight is 265 g/mol. The van der Waals surface area contributed by atoms with Gasteiger partial charge in [0.15, 0.2) is 0 Å². The molecule has 5 nitrogen and oxygen atoms in total. The normalized spacial score (nSPS) is 18.5. The summed E-state index contributed by atoms with van der Waals surface area (Å²) < 4.78 is 1.80. The molecule has 1 aromatic rings. The summed E-state index contributed by atoms with van der Waals surface area (Å²) in [5.74, 6) is -0.132. The van der Waals surface area contributed by atoms with E-state index in [1.165, 1.54) is 0 Å². The van der Waals surface area contributed by atoms with Gasteiger partial charge in [0.05, 0.1) is 23.9 Å². The number of nitrogens with zero attached hydrogens (tertiary/aromatic N) is 2. The number of carbonyl (C=O) groups is 1. The summed E-state index contributed by atoms with van der Waals surface area (Å²) in [6, 6.07) is 0.271. The number of anilines is 1. The van der Waals surface area contributed by atoms with Crippen molar-refractivity contribution in [3.8, 4) is 0 Å². The smallest absolute Gasteiger partial charge is 0.227 e. The van der Waals surface area contributed by atoms with Gasteiger partial charge in [-0.25, -0.2) is 0 Å². The topological polar surface area (TPSA) is 67.2 Å². The van der Waals surface area contributed by atoms with Gasteiger partial charge >= 0.3 is 0 Å². The lowest BCUT2D eigenvalue weighted by Gasteiger charge is -2.31. The zero-order valence-corrected chi connectivity index (χ0v) is 11.7. The molecule has 0 aliphatic heterocycles. The Labute approximate surface area is 114 Å². The number of aromatic nitrogens is 2. The fourth-order valence-electron chi connectivity index (χ4n) is 2.58. The van der Waals surface area contributed by atoms with Crippen LogP contribution < -0.4 is 5.32 Å². The molecule has 2 rings (SSSR count). The van der Waals surface area contributed by atoms with E-state index in [9.17, 15) is 9.90 Å². The Hall–Kier alpha value is -1.36. The van der Waals surface area contributed by atoms with Crippen LogP contribution >= 0.6 is 0 Å². The van der Waals surface area contributed by atoms with E-state index < -0.39 is 5.60 Å². The average Bonchev–Trinajstić information content (AvgIpc) is 2.77. The van der Waals surface area contributed by atoms with Gasteiger partial charge in [-0.05, 0) is 26.7 Å². The number of hydrogen-bond acceptors (Lipinski definition) is 3. The van der Waals surface area contributed by atoms with E-state index in [-0.39, 0.29) is 18.4 Å². The third-order valence-corrected chi connectivity index (χ3v) is 3.69. The summed E-state index contributed by atoms with van der Waals surface area (Å²) in [6.07, 6.45) is 8.27. The fourth-order valence-corrected chi connectivity index (χ4v) is 2.58. The van der Waals surface area contributed by atoms with E-state index in [1.807, 2.05) is 20.0 Å².